The summed E-state index contributed by atoms with van der Waals surface area (Å²) in [6, 6.07) is 13.3. The Morgan fingerprint density at radius 3 is 2.48 bits per heavy atom. The number of ether oxygens (including phenoxy) is 2. The number of nitrogens with zero attached hydrogens (tertiary/aromatic N) is 1. The minimum atomic E-state index is -1.03. The number of methoxy groups -OCH3 is 2. The maximum atomic E-state index is 13.2. The highest BCUT2D eigenvalue weighted by Gasteiger charge is 2.48. The zero-order valence-electron chi connectivity index (χ0n) is 18.2. The van der Waals surface area contributed by atoms with E-state index in [1.165, 1.54) is 37.5 Å². The number of esters is 1. The number of aliphatic hydroxyl groups is 1. The maximum absolute atomic E-state index is 13.2. The number of carbonyl (C=O) groups excluding carboxylic acids is 3. The Labute approximate surface area is 189 Å². The van der Waals surface area contributed by atoms with Crippen LogP contribution in [0, 0.1) is 6.92 Å². The van der Waals surface area contributed by atoms with Gasteiger partial charge in [0, 0.05) is 11.3 Å². The van der Waals surface area contributed by atoms with Crippen molar-refractivity contribution in [1.82, 2.24) is 0 Å². The highest BCUT2D eigenvalue weighted by molar-refractivity contribution is 6.51. The number of benzene rings is 2. The van der Waals surface area contributed by atoms with Gasteiger partial charge in [0.05, 0.1) is 31.6 Å². The number of hydrogen-bond acceptors (Lipinski definition) is 7. The van der Waals surface area contributed by atoms with Crippen molar-refractivity contribution in [2.45, 2.75) is 13.0 Å². The van der Waals surface area contributed by atoms with Crippen LogP contribution in [0.3, 0.4) is 0 Å². The molecule has 0 spiro atoms. The summed E-state index contributed by atoms with van der Waals surface area (Å²) in [6.45, 7) is 1.76. The van der Waals surface area contributed by atoms with Gasteiger partial charge in [0.25, 0.3) is 11.7 Å². The first-order valence-electron chi connectivity index (χ1n) is 10.0. The molecular weight excluding hydrogens is 426 g/mol. The third kappa shape index (κ3) is 3.76. The van der Waals surface area contributed by atoms with Gasteiger partial charge in [0.15, 0.2) is 0 Å². The number of rotatable bonds is 5. The molecule has 2 heterocycles. The number of carbonyl (C=O) groups is 3. The minimum Gasteiger partial charge on any atom is -0.507 e. The van der Waals surface area contributed by atoms with E-state index >= 15 is 0 Å². The molecule has 8 heteroatoms. The van der Waals surface area contributed by atoms with Crippen LogP contribution in [0.5, 0.6) is 5.75 Å². The van der Waals surface area contributed by atoms with Crippen LogP contribution in [0.1, 0.15) is 33.3 Å². The zero-order valence-corrected chi connectivity index (χ0v) is 18.2. The Kier molecular flexibility index (Phi) is 5.74. The van der Waals surface area contributed by atoms with Gasteiger partial charge in [0.1, 0.15) is 23.3 Å². The average Bonchev–Trinajstić information content (AvgIpc) is 3.45. The predicted octanol–water partition coefficient (Wildman–Crippen LogP) is 4.01. The molecule has 3 aromatic rings. The fraction of sp³-hybridized carbons (Fsp3) is 0.160. The van der Waals surface area contributed by atoms with Gasteiger partial charge in [-0.2, -0.15) is 0 Å². The Balaban J connectivity index is 1.91. The van der Waals surface area contributed by atoms with Gasteiger partial charge in [-0.05, 0) is 61.0 Å². The van der Waals surface area contributed by atoms with E-state index in [2.05, 4.69) is 0 Å². The predicted molar refractivity (Wildman–Crippen MR) is 119 cm³/mol. The average molecular weight is 447 g/mol. The highest BCUT2D eigenvalue weighted by atomic mass is 16.5. The van der Waals surface area contributed by atoms with Crippen molar-refractivity contribution in [2.75, 3.05) is 19.1 Å². The zero-order chi connectivity index (χ0) is 23.7. The second kappa shape index (κ2) is 8.66. The summed E-state index contributed by atoms with van der Waals surface area (Å²) in [6.07, 6.45) is 1.42. The minimum absolute atomic E-state index is 0.119. The molecule has 4 rings (SSSR count). The normalized spacial score (nSPS) is 17.3. The van der Waals surface area contributed by atoms with Crippen LogP contribution < -0.4 is 9.64 Å². The van der Waals surface area contributed by atoms with Crippen molar-refractivity contribution >= 4 is 29.1 Å². The van der Waals surface area contributed by atoms with Crippen LogP contribution in [-0.2, 0) is 14.3 Å². The molecule has 1 fully saturated rings. The lowest BCUT2D eigenvalue weighted by molar-refractivity contribution is -0.132. The molecule has 0 saturated carbocycles. The number of Topliss-reactive ketones (excluding diaryl/α,β-unsaturated/α-hetero) is 1. The number of aryl methyl sites for hydroxylation is 1. The molecule has 8 nitrogen and oxygen atoms in total. The van der Waals surface area contributed by atoms with Crippen LogP contribution in [-0.4, -0.2) is 37.0 Å². The van der Waals surface area contributed by atoms with Crippen molar-refractivity contribution in [2.24, 2.45) is 0 Å². The summed E-state index contributed by atoms with van der Waals surface area (Å²) < 4.78 is 15.5. The number of hydrogen-bond donors (Lipinski definition) is 1. The molecule has 0 aliphatic carbocycles. The van der Waals surface area contributed by atoms with Crippen LogP contribution in [0.4, 0.5) is 5.69 Å². The first-order valence-corrected chi connectivity index (χ1v) is 10.0. The third-order valence-electron chi connectivity index (χ3n) is 5.49. The van der Waals surface area contributed by atoms with Crippen molar-refractivity contribution in [3.63, 3.8) is 0 Å². The number of anilines is 1. The van der Waals surface area contributed by atoms with Crippen LogP contribution in [0.15, 0.2) is 70.9 Å². The number of aliphatic hydroxyl groups excluding tert-OH is 1. The van der Waals surface area contributed by atoms with Crippen LogP contribution in [0.2, 0.25) is 0 Å². The first kappa shape index (κ1) is 21.9. The van der Waals surface area contributed by atoms with E-state index in [9.17, 15) is 19.5 Å². The topological polar surface area (TPSA) is 106 Å². The van der Waals surface area contributed by atoms with Crippen LogP contribution in [0.25, 0.3) is 5.76 Å². The summed E-state index contributed by atoms with van der Waals surface area (Å²) in [7, 11) is 2.78. The molecule has 0 bridgehead atoms. The molecule has 1 N–H and O–H groups in total. The summed E-state index contributed by atoms with van der Waals surface area (Å²) >= 11 is 0. The Bertz CT molecular complexity index is 1270. The molecule has 168 valence electrons. The van der Waals surface area contributed by atoms with E-state index in [0.29, 0.717) is 16.9 Å². The third-order valence-corrected chi connectivity index (χ3v) is 5.49. The number of amides is 1. The SMILES string of the molecule is COC(=O)c1cccc(N2C(=O)C(=O)/C(=C(\O)c3ccc(OC)cc3C)C2c2ccco2)c1. The van der Waals surface area contributed by atoms with Gasteiger partial charge in [-0.25, -0.2) is 4.79 Å². The molecular formula is C25H21NO7. The lowest BCUT2D eigenvalue weighted by atomic mass is 9.96. The van der Waals surface area contributed by atoms with E-state index < -0.39 is 23.7 Å². The maximum Gasteiger partial charge on any atom is 0.337 e. The second-order valence-electron chi connectivity index (χ2n) is 7.41. The fourth-order valence-electron chi connectivity index (χ4n) is 3.89. The molecule has 1 amide bonds. The van der Waals surface area contributed by atoms with Gasteiger partial charge in [-0.3, -0.25) is 14.5 Å². The molecule has 1 aliphatic heterocycles. The molecule has 1 saturated heterocycles. The van der Waals surface area contributed by atoms with Crippen molar-refractivity contribution in [1.29, 1.82) is 0 Å². The molecule has 33 heavy (non-hydrogen) atoms. The Hall–Kier alpha value is -4.33. The lowest BCUT2D eigenvalue weighted by Gasteiger charge is -2.23. The molecule has 2 aromatic carbocycles. The van der Waals surface area contributed by atoms with Gasteiger partial charge in [-0.15, -0.1) is 0 Å². The number of furan rings is 1. The molecule has 1 aliphatic rings. The molecule has 1 atom stereocenters. The van der Waals surface area contributed by atoms with Gasteiger partial charge in [0.2, 0.25) is 0 Å². The van der Waals surface area contributed by atoms with Crippen molar-refractivity contribution in [3.05, 3.63) is 88.9 Å². The van der Waals surface area contributed by atoms with Gasteiger partial charge < -0.3 is 19.0 Å². The highest BCUT2D eigenvalue weighted by Crippen LogP contribution is 2.43. The van der Waals surface area contributed by atoms with E-state index in [1.807, 2.05) is 0 Å². The number of ketones is 1. The Morgan fingerprint density at radius 2 is 1.85 bits per heavy atom. The van der Waals surface area contributed by atoms with E-state index in [1.54, 1.807) is 49.4 Å². The van der Waals surface area contributed by atoms with Gasteiger partial charge >= 0.3 is 5.97 Å². The molecule has 0 radical (unpaired) electrons. The van der Waals surface area contributed by atoms with E-state index in [0.717, 1.165) is 0 Å². The second-order valence-corrected chi connectivity index (χ2v) is 7.41. The lowest BCUT2D eigenvalue weighted by Crippen LogP contribution is -2.29. The summed E-state index contributed by atoms with van der Waals surface area (Å²) in [5.74, 6) is -1.77. The smallest absolute Gasteiger partial charge is 0.337 e. The quantitative estimate of drug-likeness (QED) is 0.273. The van der Waals surface area contributed by atoms with E-state index in [-0.39, 0.29) is 28.3 Å². The first-order chi connectivity index (χ1) is 15.9. The summed E-state index contributed by atoms with van der Waals surface area (Å²) in [5.41, 5.74) is 1.41. The molecule has 1 aromatic heterocycles. The van der Waals surface area contributed by atoms with Crippen molar-refractivity contribution in [3.8, 4) is 5.75 Å². The summed E-state index contributed by atoms with van der Waals surface area (Å²) in [4.78, 5) is 39.5. The van der Waals surface area contributed by atoms with E-state index in [4.69, 9.17) is 13.9 Å². The van der Waals surface area contributed by atoms with Crippen molar-refractivity contribution < 1.29 is 33.4 Å². The van der Waals surface area contributed by atoms with Gasteiger partial charge in [-0.1, -0.05) is 6.07 Å². The fourth-order valence-corrected chi connectivity index (χ4v) is 3.89. The summed E-state index contributed by atoms with van der Waals surface area (Å²) in [5, 5.41) is 11.2. The largest absolute Gasteiger partial charge is 0.507 e. The van der Waals surface area contributed by atoms with Crippen LogP contribution >= 0.6 is 0 Å². The standard InChI is InChI=1S/C25H21NO7/c1-14-12-17(31-2)9-10-18(14)22(27)20-21(19-8-5-11-33-19)26(24(29)23(20)28)16-7-4-6-15(13-16)25(30)32-3/h4-13,21,27H,1-3H3/b22-20-. The Morgan fingerprint density at radius 1 is 1.06 bits per heavy atom. The molecule has 1 unspecified atom stereocenters. The monoisotopic (exact) mass is 447 g/mol.